The SMILES string of the molecule is Cc1nc(-c2cccc(Oc3ccc(-n4c5c(c6ncnc(N)c64)C(C)OC5)cc3)c2)cs1. The second-order valence-electron chi connectivity index (χ2n) is 7.98. The number of ether oxygens (including phenoxy) is 2. The zero-order chi connectivity index (χ0) is 22.5. The van der Waals surface area contributed by atoms with Gasteiger partial charge in [0.05, 0.1) is 29.1 Å². The maximum absolute atomic E-state index is 6.25. The van der Waals surface area contributed by atoms with E-state index >= 15 is 0 Å². The molecule has 6 rings (SSSR count). The van der Waals surface area contributed by atoms with Crippen LogP contribution in [0.2, 0.25) is 0 Å². The summed E-state index contributed by atoms with van der Waals surface area (Å²) in [6.45, 7) is 4.55. The van der Waals surface area contributed by atoms with Crippen molar-refractivity contribution < 1.29 is 9.47 Å². The van der Waals surface area contributed by atoms with Gasteiger partial charge in [-0.05, 0) is 50.2 Å². The zero-order valence-corrected chi connectivity index (χ0v) is 19.0. The summed E-state index contributed by atoms with van der Waals surface area (Å²) in [5, 5.41) is 3.10. The Labute approximate surface area is 194 Å². The Balaban J connectivity index is 1.34. The molecule has 1 unspecified atom stereocenters. The van der Waals surface area contributed by atoms with Crippen molar-refractivity contribution in [2.75, 3.05) is 5.73 Å². The van der Waals surface area contributed by atoms with Crippen LogP contribution in [0.4, 0.5) is 5.82 Å². The van der Waals surface area contributed by atoms with Gasteiger partial charge in [0.15, 0.2) is 5.82 Å². The standard InChI is InChI=1S/C25H21N5O2S/c1-14-22-21(11-31-14)30(24-23(22)27-13-28-25(24)26)17-6-8-18(9-7-17)32-19-5-3-4-16(10-19)20-12-33-15(2)29-20/h3-10,12-14H,11H2,1-2H3,(H2,26,27,28). The first-order valence-electron chi connectivity index (χ1n) is 10.6. The molecule has 1 atom stereocenters. The third-order valence-corrected chi connectivity index (χ3v) is 6.64. The van der Waals surface area contributed by atoms with Gasteiger partial charge in [0, 0.05) is 22.2 Å². The van der Waals surface area contributed by atoms with Crippen LogP contribution in [0.15, 0.2) is 60.2 Å². The number of rotatable bonds is 4. The lowest BCUT2D eigenvalue weighted by molar-refractivity contribution is 0.0783. The fourth-order valence-corrected chi connectivity index (χ4v) is 4.98. The topological polar surface area (TPSA) is 88.1 Å². The molecule has 0 saturated carbocycles. The molecule has 1 aliphatic rings. The van der Waals surface area contributed by atoms with E-state index in [1.165, 1.54) is 6.33 Å². The summed E-state index contributed by atoms with van der Waals surface area (Å²) in [4.78, 5) is 13.3. The van der Waals surface area contributed by atoms with Gasteiger partial charge >= 0.3 is 0 Å². The van der Waals surface area contributed by atoms with Crippen LogP contribution in [0, 0.1) is 6.92 Å². The molecule has 3 aromatic heterocycles. The van der Waals surface area contributed by atoms with Crippen LogP contribution in [-0.4, -0.2) is 19.5 Å². The van der Waals surface area contributed by atoms with Crippen LogP contribution in [0.3, 0.4) is 0 Å². The van der Waals surface area contributed by atoms with E-state index in [4.69, 9.17) is 15.2 Å². The van der Waals surface area contributed by atoms with Crippen molar-refractivity contribution >= 4 is 28.2 Å². The summed E-state index contributed by atoms with van der Waals surface area (Å²) in [5.74, 6) is 1.96. The number of aromatic nitrogens is 4. The Morgan fingerprint density at radius 3 is 2.76 bits per heavy atom. The molecule has 33 heavy (non-hydrogen) atoms. The van der Waals surface area contributed by atoms with Crippen molar-refractivity contribution in [1.82, 2.24) is 19.5 Å². The van der Waals surface area contributed by atoms with Crippen molar-refractivity contribution in [2.45, 2.75) is 26.6 Å². The van der Waals surface area contributed by atoms with Crippen LogP contribution in [-0.2, 0) is 11.3 Å². The van der Waals surface area contributed by atoms with E-state index in [-0.39, 0.29) is 6.10 Å². The minimum Gasteiger partial charge on any atom is -0.457 e. The minimum atomic E-state index is -0.0329. The van der Waals surface area contributed by atoms with Gasteiger partial charge in [-0.1, -0.05) is 12.1 Å². The Bertz CT molecular complexity index is 1490. The van der Waals surface area contributed by atoms with Crippen molar-refractivity contribution in [3.05, 3.63) is 76.5 Å². The Morgan fingerprint density at radius 2 is 1.97 bits per heavy atom. The zero-order valence-electron chi connectivity index (χ0n) is 18.1. The predicted octanol–water partition coefficient (Wildman–Crippen LogP) is 5.82. The first-order valence-corrected chi connectivity index (χ1v) is 11.5. The minimum absolute atomic E-state index is 0.0329. The summed E-state index contributed by atoms with van der Waals surface area (Å²) < 4.78 is 14.1. The number of fused-ring (bicyclic) bond motifs is 3. The quantitative estimate of drug-likeness (QED) is 0.367. The monoisotopic (exact) mass is 455 g/mol. The maximum Gasteiger partial charge on any atom is 0.151 e. The number of aryl methyl sites for hydroxylation is 1. The molecule has 0 saturated heterocycles. The number of thiazole rings is 1. The average Bonchev–Trinajstić information content (AvgIpc) is 3.51. The summed E-state index contributed by atoms with van der Waals surface area (Å²) in [7, 11) is 0. The number of nitrogens with zero attached hydrogens (tertiary/aromatic N) is 4. The number of benzene rings is 2. The molecule has 1 aliphatic heterocycles. The van der Waals surface area contributed by atoms with Crippen LogP contribution in [0.5, 0.6) is 11.5 Å². The van der Waals surface area contributed by atoms with Crippen molar-refractivity contribution in [2.24, 2.45) is 0 Å². The van der Waals surface area contributed by atoms with Gasteiger partial charge in [-0.2, -0.15) is 0 Å². The van der Waals surface area contributed by atoms with Crippen molar-refractivity contribution in [1.29, 1.82) is 0 Å². The normalized spacial score (nSPS) is 15.2. The lowest BCUT2D eigenvalue weighted by Gasteiger charge is -2.12. The number of hydrogen-bond donors (Lipinski definition) is 1. The molecule has 5 aromatic rings. The largest absolute Gasteiger partial charge is 0.457 e. The van der Waals surface area contributed by atoms with E-state index in [1.807, 2.05) is 62.4 Å². The highest BCUT2D eigenvalue weighted by molar-refractivity contribution is 7.09. The van der Waals surface area contributed by atoms with E-state index in [1.54, 1.807) is 11.3 Å². The molecule has 0 aliphatic carbocycles. The molecule has 4 heterocycles. The molecule has 0 spiro atoms. The Hall–Kier alpha value is -3.75. The fourth-order valence-electron chi connectivity index (χ4n) is 4.36. The number of hydrogen-bond acceptors (Lipinski definition) is 7. The maximum atomic E-state index is 6.25. The fraction of sp³-hybridized carbons (Fsp3) is 0.160. The highest BCUT2D eigenvalue weighted by atomic mass is 32.1. The van der Waals surface area contributed by atoms with E-state index < -0.39 is 0 Å². The third-order valence-electron chi connectivity index (χ3n) is 5.87. The van der Waals surface area contributed by atoms with E-state index in [2.05, 4.69) is 24.9 Å². The number of anilines is 1. The van der Waals surface area contributed by atoms with Crippen molar-refractivity contribution in [3.8, 4) is 28.4 Å². The van der Waals surface area contributed by atoms with Gasteiger partial charge in [0.1, 0.15) is 28.9 Å². The van der Waals surface area contributed by atoms with Crippen LogP contribution >= 0.6 is 11.3 Å². The van der Waals surface area contributed by atoms with Gasteiger partial charge in [0.2, 0.25) is 0 Å². The number of nitrogens with two attached hydrogens (primary N) is 1. The summed E-state index contributed by atoms with van der Waals surface area (Å²) >= 11 is 1.64. The van der Waals surface area contributed by atoms with Crippen LogP contribution in [0.25, 0.3) is 28.0 Å². The molecular formula is C25H21N5O2S. The van der Waals surface area contributed by atoms with Gasteiger partial charge in [-0.3, -0.25) is 0 Å². The molecule has 164 valence electrons. The average molecular weight is 456 g/mol. The second-order valence-corrected chi connectivity index (χ2v) is 9.04. The van der Waals surface area contributed by atoms with E-state index in [0.29, 0.717) is 12.4 Å². The van der Waals surface area contributed by atoms with Crippen LogP contribution < -0.4 is 10.5 Å². The van der Waals surface area contributed by atoms with E-state index in [0.717, 1.165) is 55.7 Å². The highest BCUT2D eigenvalue weighted by Crippen LogP contribution is 2.41. The van der Waals surface area contributed by atoms with Crippen molar-refractivity contribution in [3.63, 3.8) is 0 Å². The van der Waals surface area contributed by atoms with Gasteiger partial charge < -0.3 is 19.8 Å². The number of nitrogen functional groups attached to an aromatic ring is 1. The molecule has 7 nitrogen and oxygen atoms in total. The molecule has 0 bridgehead atoms. The lowest BCUT2D eigenvalue weighted by atomic mass is 10.1. The molecule has 2 N–H and O–H groups in total. The first kappa shape index (κ1) is 19.9. The first-order chi connectivity index (χ1) is 16.1. The second kappa shape index (κ2) is 7.68. The summed E-state index contributed by atoms with van der Waals surface area (Å²) in [5.41, 5.74) is 13.0. The van der Waals surface area contributed by atoms with E-state index in [9.17, 15) is 0 Å². The summed E-state index contributed by atoms with van der Waals surface area (Å²) in [6, 6.07) is 15.9. The van der Waals surface area contributed by atoms with Crippen LogP contribution in [0.1, 0.15) is 29.3 Å². The molecule has 8 heteroatoms. The molecule has 0 amide bonds. The summed E-state index contributed by atoms with van der Waals surface area (Å²) in [6.07, 6.45) is 1.47. The Kier molecular flexibility index (Phi) is 4.63. The molecule has 2 aromatic carbocycles. The smallest absolute Gasteiger partial charge is 0.151 e. The van der Waals surface area contributed by atoms with Gasteiger partial charge in [-0.25, -0.2) is 15.0 Å². The predicted molar refractivity (Wildman–Crippen MR) is 129 cm³/mol. The van der Waals surface area contributed by atoms with Gasteiger partial charge in [-0.15, -0.1) is 11.3 Å². The molecule has 0 radical (unpaired) electrons. The van der Waals surface area contributed by atoms with Gasteiger partial charge in [0.25, 0.3) is 0 Å². The Morgan fingerprint density at radius 1 is 1.12 bits per heavy atom. The lowest BCUT2D eigenvalue weighted by Crippen LogP contribution is -2.03. The third kappa shape index (κ3) is 3.35. The highest BCUT2D eigenvalue weighted by Gasteiger charge is 2.30. The molecule has 0 fully saturated rings. The molecular weight excluding hydrogens is 434 g/mol.